The maximum atomic E-state index is 11.5. The van der Waals surface area contributed by atoms with Gasteiger partial charge in [-0.05, 0) is 48.0 Å². The van der Waals surface area contributed by atoms with Gasteiger partial charge in [0.25, 0.3) is 0 Å². The van der Waals surface area contributed by atoms with E-state index in [2.05, 4.69) is 10.1 Å². The second-order valence-electron chi connectivity index (χ2n) is 7.44. The molecule has 0 unspecified atom stereocenters. The summed E-state index contributed by atoms with van der Waals surface area (Å²) in [5.41, 5.74) is 4.58. The highest BCUT2D eigenvalue weighted by molar-refractivity contribution is 6.30. The molecule has 2 aromatic heterocycles. The Bertz CT molecular complexity index is 1430. The van der Waals surface area contributed by atoms with Crippen molar-refractivity contribution in [2.75, 3.05) is 0 Å². The summed E-state index contributed by atoms with van der Waals surface area (Å²) < 4.78 is 7.43. The van der Waals surface area contributed by atoms with E-state index in [1.54, 1.807) is 16.6 Å². The Hall–Kier alpha value is -4.16. The number of halogens is 1. The van der Waals surface area contributed by atoms with Crippen molar-refractivity contribution >= 4 is 23.2 Å². The van der Waals surface area contributed by atoms with Gasteiger partial charge >= 0.3 is 5.97 Å². The number of hydrogen-bond acceptors (Lipinski definition) is 4. The fourth-order valence-corrected chi connectivity index (χ4v) is 3.64. The predicted molar refractivity (Wildman–Crippen MR) is 127 cm³/mol. The van der Waals surface area contributed by atoms with Crippen molar-refractivity contribution in [3.8, 4) is 28.3 Å². The van der Waals surface area contributed by atoms with Crippen LogP contribution in [0.5, 0.6) is 5.75 Å². The zero-order valence-electron chi connectivity index (χ0n) is 17.4. The Morgan fingerprint density at radius 3 is 2.30 bits per heavy atom. The lowest BCUT2D eigenvalue weighted by molar-refractivity contribution is 0.0690. The van der Waals surface area contributed by atoms with Crippen LogP contribution in [0, 0.1) is 0 Å². The molecule has 5 rings (SSSR count). The van der Waals surface area contributed by atoms with Crippen molar-refractivity contribution < 1.29 is 14.6 Å². The number of aromatic carboxylic acids is 1. The molecule has 2 heterocycles. The number of carboxylic acid groups (broad SMARTS) is 1. The van der Waals surface area contributed by atoms with Crippen LogP contribution in [0.2, 0.25) is 5.02 Å². The molecular formula is C26H18ClN3O3. The third-order valence-electron chi connectivity index (χ3n) is 5.18. The van der Waals surface area contributed by atoms with Gasteiger partial charge in [0.2, 0.25) is 0 Å². The summed E-state index contributed by atoms with van der Waals surface area (Å²) in [6.07, 6.45) is 0. The van der Waals surface area contributed by atoms with Gasteiger partial charge in [-0.3, -0.25) is 0 Å². The van der Waals surface area contributed by atoms with Crippen molar-refractivity contribution in [3.63, 3.8) is 0 Å². The molecule has 5 aromatic rings. The molecule has 1 N–H and O–H groups in total. The summed E-state index contributed by atoms with van der Waals surface area (Å²) in [5.74, 6) is -0.373. The van der Waals surface area contributed by atoms with Crippen molar-refractivity contribution in [3.05, 3.63) is 107 Å². The van der Waals surface area contributed by atoms with Gasteiger partial charge in [-0.1, -0.05) is 54.1 Å². The van der Waals surface area contributed by atoms with Gasteiger partial charge in [-0.2, -0.15) is 5.10 Å². The Morgan fingerprint density at radius 2 is 1.61 bits per heavy atom. The van der Waals surface area contributed by atoms with Crippen LogP contribution in [0.25, 0.3) is 28.2 Å². The van der Waals surface area contributed by atoms with Gasteiger partial charge in [0.1, 0.15) is 12.4 Å². The van der Waals surface area contributed by atoms with E-state index in [-0.39, 0.29) is 5.69 Å². The Labute approximate surface area is 194 Å². The lowest BCUT2D eigenvalue weighted by Crippen LogP contribution is -2.01. The summed E-state index contributed by atoms with van der Waals surface area (Å²) in [6, 6.07) is 28.2. The molecule has 0 bridgehead atoms. The van der Waals surface area contributed by atoms with E-state index in [4.69, 9.17) is 16.3 Å². The number of carboxylic acids is 1. The summed E-state index contributed by atoms with van der Waals surface area (Å²) in [5, 5.41) is 14.3. The largest absolute Gasteiger partial charge is 0.489 e. The van der Waals surface area contributed by atoms with Crippen molar-refractivity contribution in [2.24, 2.45) is 0 Å². The van der Waals surface area contributed by atoms with Gasteiger partial charge in [0.15, 0.2) is 11.3 Å². The number of ether oxygens (including phenoxy) is 1. The van der Waals surface area contributed by atoms with Crippen LogP contribution in [0.4, 0.5) is 0 Å². The van der Waals surface area contributed by atoms with Gasteiger partial charge in [-0.25, -0.2) is 14.3 Å². The molecular weight excluding hydrogens is 438 g/mol. The standard InChI is InChI=1S/C26H18ClN3O3/c27-20-10-6-18(7-11-20)22-14-24(30-25(28-22)15-23(29-30)26(31)32)19-8-12-21(13-9-19)33-16-17-4-2-1-3-5-17/h1-15H,16H2,(H,31,32). The first-order chi connectivity index (χ1) is 16.1. The van der Waals surface area contributed by atoms with E-state index in [9.17, 15) is 9.90 Å². The highest BCUT2D eigenvalue weighted by Crippen LogP contribution is 2.29. The fourth-order valence-electron chi connectivity index (χ4n) is 3.52. The smallest absolute Gasteiger partial charge is 0.356 e. The third-order valence-corrected chi connectivity index (χ3v) is 5.44. The quantitative estimate of drug-likeness (QED) is 0.340. The SMILES string of the molecule is O=C(O)c1cc2nc(-c3ccc(Cl)cc3)cc(-c3ccc(OCc4ccccc4)cc3)n2n1. The number of aromatic nitrogens is 3. The van der Waals surface area contributed by atoms with E-state index in [0.717, 1.165) is 22.4 Å². The number of carbonyl (C=O) groups is 1. The van der Waals surface area contributed by atoms with E-state index in [0.29, 0.717) is 28.7 Å². The second kappa shape index (κ2) is 8.76. The molecule has 0 aliphatic carbocycles. The first-order valence-corrected chi connectivity index (χ1v) is 10.6. The van der Waals surface area contributed by atoms with Crippen LogP contribution < -0.4 is 4.74 Å². The molecule has 0 aliphatic rings. The first kappa shape index (κ1) is 20.7. The Balaban J connectivity index is 1.52. The minimum Gasteiger partial charge on any atom is -0.489 e. The minimum atomic E-state index is -1.11. The first-order valence-electron chi connectivity index (χ1n) is 10.2. The normalized spacial score (nSPS) is 10.9. The van der Waals surface area contributed by atoms with E-state index >= 15 is 0 Å². The molecule has 0 fully saturated rings. The van der Waals surface area contributed by atoms with Crippen LogP contribution in [-0.4, -0.2) is 25.7 Å². The van der Waals surface area contributed by atoms with E-state index < -0.39 is 5.97 Å². The molecule has 7 heteroatoms. The molecule has 0 saturated carbocycles. The molecule has 0 atom stereocenters. The summed E-state index contributed by atoms with van der Waals surface area (Å²) in [6.45, 7) is 0.474. The third kappa shape index (κ3) is 4.42. The summed E-state index contributed by atoms with van der Waals surface area (Å²) in [7, 11) is 0. The molecule has 0 radical (unpaired) electrons. The molecule has 6 nitrogen and oxygen atoms in total. The number of nitrogens with zero attached hydrogens (tertiary/aromatic N) is 3. The highest BCUT2D eigenvalue weighted by Gasteiger charge is 2.16. The van der Waals surface area contributed by atoms with Crippen LogP contribution in [-0.2, 0) is 6.61 Å². The zero-order valence-corrected chi connectivity index (χ0v) is 18.1. The zero-order chi connectivity index (χ0) is 22.8. The van der Waals surface area contributed by atoms with Crippen LogP contribution in [0.1, 0.15) is 16.1 Å². The molecule has 0 amide bonds. The second-order valence-corrected chi connectivity index (χ2v) is 7.87. The van der Waals surface area contributed by atoms with E-state index in [1.165, 1.54) is 6.07 Å². The summed E-state index contributed by atoms with van der Waals surface area (Å²) >= 11 is 6.03. The van der Waals surface area contributed by atoms with Gasteiger partial charge in [0, 0.05) is 22.2 Å². The average Bonchev–Trinajstić information content (AvgIpc) is 3.28. The topological polar surface area (TPSA) is 76.7 Å². The lowest BCUT2D eigenvalue weighted by Gasteiger charge is -2.10. The van der Waals surface area contributed by atoms with Crippen molar-refractivity contribution in [1.29, 1.82) is 0 Å². The van der Waals surface area contributed by atoms with E-state index in [1.807, 2.05) is 72.8 Å². The predicted octanol–water partition coefficient (Wildman–Crippen LogP) is 5.99. The molecule has 162 valence electrons. The van der Waals surface area contributed by atoms with Gasteiger partial charge in [-0.15, -0.1) is 0 Å². The summed E-state index contributed by atoms with van der Waals surface area (Å²) in [4.78, 5) is 16.1. The highest BCUT2D eigenvalue weighted by atomic mass is 35.5. The van der Waals surface area contributed by atoms with Gasteiger partial charge < -0.3 is 9.84 Å². The number of rotatable bonds is 6. The van der Waals surface area contributed by atoms with Crippen molar-refractivity contribution in [2.45, 2.75) is 6.61 Å². The molecule has 33 heavy (non-hydrogen) atoms. The Morgan fingerprint density at radius 1 is 0.909 bits per heavy atom. The molecule has 0 saturated heterocycles. The van der Waals surface area contributed by atoms with Crippen LogP contribution in [0.15, 0.2) is 91.0 Å². The number of benzene rings is 3. The molecule has 3 aromatic carbocycles. The fraction of sp³-hybridized carbons (Fsp3) is 0.0385. The number of fused-ring (bicyclic) bond motifs is 1. The van der Waals surface area contributed by atoms with Crippen molar-refractivity contribution in [1.82, 2.24) is 14.6 Å². The molecule has 0 aliphatic heterocycles. The van der Waals surface area contributed by atoms with Gasteiger partial charge in [0.05, 0.1) is 11.4 Å². The number of hydrogen-bond donors (Lipinski definition) is 1. The monoisotopic (exact) mass is 455 g/mol. The minimum absolute atomic E-state index is 0.0696. The average molecular weight is 456 g/mol. The van der Waals surface area contributed by atoms with Crippen LogP contribution in [0.3, 0.4) is 0 Å². The lowest BCUT2D eigenvalue weighted by atomic mass is 10.1. The van der Waals surface area contributed by atoms with Crippen LogP contribution >= 0.6 is 11.6 Å². The maximum Gasteiger partial charge on any atom is 0.356 e. The Kier molecular flexibility index (Phi) is 5.50. The molecule has 0 spiro atoms. The maximum absolute atomic E-state index is 11.5.